The van der Waals surface area contributed by atoms with E-state index in [0.717, 1.165) is 3.57 Å². The van der Waals surface area contributed by atoms with Crippen molar-refractivity contribution < 1.29 is 14.5 Å². The first-order valence-electron chi connectivity index (χ1n) is 7.02. The summed E-state index contributed by atoms with van der Waals surface area (Å²) in [5.41, 5.74) is 3.56. The molecule has 0 spiro atoms. The van der Waals surface area contributed by atoms with Crippen molar-refractivity contribution in [2.45, 2.75) is 6.92 Å². The van der Waals surface area contributed by atoms with Crippen LogP contribution in [0.4, 0.5) is 5.69 Å². The zero-order valence-electron chi connectivity index (χ0n) is 13.0. The molecule has 0 atom stereocenters. The Kier molecular flexibility index (Phi) is 6.71. The van der Waals surface area contributed by atoms with Gasteiger partial charge in [0.1, 0.15) is 5.75 Å². The first-order valence-corrected chi connectivity index (χ1v) is 8.48. The van der Waals surface area contributed by atoms with Crippen LogP contribution in [0.3, 0.4) is 0 Å². The Morgan fingerprint density at radius 1 is 1.32 bits per heavy atom. The minimum Gasteiger partial charge on any atom is -0.483 e. The molecule has 0 aliphatic heterocycles. The van der Waals surface area contributed by atoms with E-state index in [2.05, 4.69) is 33.1 Å². The van der Waals surface area contributed by atoms with Crippen LogP contribution in [0.25, 0.3) is 0 Å². The fourth-order valence-corrected chi connectivity index (χ4v) is 2.83. The van der Waals surface area contributed by atoms with Crippen LogP contribution in [-0.4, -0.2) is 23.1 Å². The maximum absolute atomic E-state index is 11.8. The molecule has 0 radical (unpaired) electrons. The fraction of sp³-hybridized carbons (Fsp3) is 0.125. The number of non-ortho nitro benzene ring substituents is 1. The molecule has 0 heterocycles. The molecule has 0 saturated carbocycles. The Bertz CT molecular complexity index is 825. The normalized spacial score (nSPS) is 11.1. The number of hydrazone groups is 1. The Labute approximate surface area is 162 Å². The van der Waals surface area contributed by atoms with E-state index in [1.54, 1.807) is 37.3 Å². The summed E-state index contributed by atoms with van der Waals surface area (Å²) < 4.78 is 6.21. The zero-order valence-corrected chi connectivity index (χ0v) is 15.9. The second-order valence-electron chi connectivity index (χ2n) is 4.90. The number of nitrogens with one attached hydrogen (secondary N) is 1. The van der Waals surface area contributed by atoms with E-state index in [-0.39, 0.29) is 12.3 Å². The second kappa shape index (κ2) is 8.77. The molecule has 2 aromatic carbocycles. The first-order chi connectivity index (χ1) is 11.9. The third-order valence-electron chi connectivity index (χ3n) is 3.10. The summed E-state index contributed by atoms with van der Waals surface area (Å²) in [6.45, 7) is 1.49. The molecule has 0 unspecified atom stereocenters. The van der Waals surface area contributed by atoms with Gasteiger partial charge in [-0.3, -0.25) is 14.9 Å². The first kappa shape index (κ1) is 19.1. The molecule has 9 heteroatoms. The predicted octanol–water partition coefficient (Wildman–Crippen LogP) is 3.77. The fourth-order valence-electron chi connectivity index (χ4n) is 1.80. The van der Waals surface area contributed by atoms with Crippen molar-refractivity contribution in [3.8, 4) is 5.75 Å². The number of hydrogen-bond acceptors (Lipinski definition) is 5. The monoisotopic (exact) mass is 473 g/mol. The van der Waals surface area contributed by atoms with Crippen LogP contribution in [0.2, 0.25) is 5.02 Å². The summed E-state index contributed by atoms with van der Waals surface area (Å²) in [5, 5.41) is 15.2. The zero-order chi connectivity index (χ0) is 18.4. The second-order valence-corrected chi connectivity index (χ2v) is 6.50. The van der Waals surface area contributed by atoms with Crippen LogP contribution in [0.15, 0.2) is 47.6 Å². The van der Waals surface area contributed by atoms with Gasteiger partial charge in [0, 0.05) is 17.2 Å². The summed E-state index contributed by atoms with van der Waals surface area (Å²) in [4.78, 5) is 22.0. The summed E-state index contributed by atoms with van der Waals surface area (Å²) in [5.74, 6) is 0.128. The third-order valence-corrected chi connectivity index (χ3v) is 4.18. The van der Waals surface area contributed by atoms with Gasteiger partial charge in [-0.15, -0.1) is 0 Å². The van der Waals surface area contributed by atoms with Crippen molar-refractivity contribution in [1.29, 1.82) is 0 Å². The van der Waals surface area contributed by atoms with Crippen molar-refractivity contribution >= 4 is 51.5 Å². The number of carbonyl (C=O) groups excluding carboxylic acids is 1. The molecular formula is C16H13ClIN3O4. The predicted molar refractivity (Wildman–Crippen MR) is 103 cm³/mol. The Morgan fingerprint density at radius 3 is 2.60 bits per heavy atom. The Balaban J connectivity index is 1.91. The van der Waals surface area contributed by atoms with E-state index in [4.69, 9.17) is 16.3 Å². The number of hydrogen-bond donors (Lipinski definition) is 1. The molecule has 0 fully saturated rings. The van der Waals surface area contributed by atoms with Gasteiger partial charge in [-0.1, -0.05) is 11.6 Å². The van der Waals surface area contributed by atoms with E-state index >= 15 is 0 Å². The highest BCUT2D eigenvalue weighted by atomic mass is 127. The minimum absolute atomic E-state index is 0.00782. The summed E-state index contributed by atoms with van der Waals surface area (Å²) in [7, 11) is 0. The maximum atomic E-state index is 11.8. The Hall–Kier alpha value is -2.20. The largest absolute Gasteiger partial charge is 0.483 e. The van der Waals surface area contributed by atoms with Gasteiger partial charge in [0.2, 0.25) is 0 Å². The topological polar surface area (TPSA) is 93.8 Å². The highest BCUT2D eigenvalue weighted by Gasteiger charge is 2.08. The number of nitro benzene ring substituents is 1. The van der Waals surface area contributed by atoms with Crippen LogP contribution in [0.1, 0.15) is 12.5 Å². The van der Waals surface area contributed by atoms with Gasteiger partial charge in [0.05, 0.1) is 14.2 Å². The van der Waals surface area contributed by atoms with Crippen LogP contribution < -0.4 is 10.2 Å². The van der Waals surface area contributed by atoms with Gasteiger partial charge in [-0.25, -0.2) is 5.43 Å². The quantitative estimate of drug-likeness (QED) is 0.299. The van der Waals surface area contributed by atoms with E-state index in [0.29, 0.717) is 22.0 Å². The third kappa shape index (κ3) is 5.68. The van der Waals surface area contributed by atoms with Crippen molar-refractivity contribution in [1.82, 2.24) is 5.43 Å². The molecule has 0 saturated heterocycles. The molecule has 2 aromatic rings. The molecule has 0 aliphatic carbocycles. The molecule has 1 amide bonds. The number of amides is 1. The number of rotatable bonds is 6. The van der Waals surface area contributed by atoms with E-state index < -0.39 is 10.8 Å². The summed E-state index contributed by atoms with van der Waals surface area (Å²) in [6, 6.07) is 11.0. The smallest absolute Gasteiger partial charge is 0.277 e. The van der Waals surface area contributed by atoms with Crippen LogP contribution in [0, 0.1) is 13.7 Å². The van der Waals surface area contributed by atoms with Crippen molar-refractivity contribution in [2.75, 3.05) is 6.61 Å². The molecule has 1 N–H and O–H groups in total. The highest BCUT2D eigenvalue weighted by Crippen LogP contribution is 2.24. The number of nitro groups is 1. The van der Waals surface area contributed by atoms with E-state index in [1.165, 1.54) is 12.1 Å². The van der Waals surface area contributed by atoms with Crippen LogP contribution in [-0.2, 0) is 4.79 Å². The summed E-state index contributed by atoms with van der Waals surface area (Å²) in [6.07, 6.45) is 0. The van der Waals surface area contributed by atoms with Crippen molar-refractivity contribution in [3.63, 3.8) is 0 Å². The molecular weight excluding hydrogens is 461 g/mol. The number of nitrogens with zero attached hydrogens (tertiary/aromatic N) is 2. The van der Waals surface area contributed by atoms with Crippen LogP contribution in [0.5, 0.6) is 5.75 Å². The van der Waals surface area contributed by atoms with Gasteiger partial charge in [0.15, 0.2) is 6.61 Å². The molecule has 7 nitrogen and oxygen atoms in total. The number of benzene rings is 2. The van der Waals surface area contributed by atoms with Gasteiger partial charge in [0.25, 0.3) is 11.6 Å². The SMILES string of the molecule is C/C(=N/NC(=O)COc1ccc(Cl)cc1I)c1ccc([N+](=O)[O-])cc1. The molecule has 2 rings (SSSR count). The molecule has 130 valence electrons. The lowest BCUT2D eigenvalue weighted by atomic mass is 10.1. The van der Waals surface area contributed by atoms with Gasteiger partial charge >= 0.3 is 0 Å². The van der Waals surface area contributed by atoms with Crippen molar-refractivity contribution in [2.24, 2.45) is 5.10 Å². The number of ether oxygens (including phenoxy) is 1. The number of carbonyl (C=O) groups is 1. The lowest BCUT2D eigenvalue weighted by Crippen LogP contribution is -2.25. The van der Waals surface area contributed by atoms with E-state index in [9.17, 15) is 14.9 Å². The minimum atomic E-state index is -0.479. The maximum Gasteiger partial charge on any atom is 0.277 e. The molecule has 0 aromatic heterocycles. The van der Waals surface area contributed by atoms with Crippen LogP contribution >= 0.6 is 34.2 Å². The molecule has 0 bridgehead atoms. The lowest BCUT2D eigenvalue weighted by Gasteiger charge is -2.08. The highest BCUT2D eigenvalue weighted by molar-refractivity contribution is 14.1. The average molecular weight is 474 g/mol. The van der Waals surface area contributed by atoms with Gasteiger partial charge in [-0.2, -0.15) is 5.10 Å². The molecule has 0 aliphatic rings. The lowest BCUT2D eigenvalue weighted by molar-refractivity contribution is -0.384. The van der Waals surface area contributed by atoms with Crippen molar-refractivity contribution in [3.05, 3.63) is 66.7 Å². The van der Waals surface area contributed by atoms with Gasteiger partial charge < -0.3 is 4.74 Å². The standard InChI is InChI=1S/C16H13ClIN3O4/c1-10(11-2-5-13(6-3-11)21(23)24)19-20-16(22)9-25-15-7-4-12(17)8-14(15)18/h2-8H,9H2,1H3,(H,20,22)/b19-10-. The van der Waals surface area contributed by atoms with E-state index in [1.807, 2.05) is 0 Å². The Morgan fingerprint density at radius 2 is 2.00 bits per heavy atom. The van der Waals surface area contributed by atoms with Gasteiger partial charge in [-0.05, 0) is 65.4 Å². The number of halogens is 2. The molecule has 25 heavy (non-hydrogen) atoms. The summed E-state index contributed by atoms with van der Waals surface area (Å²) >= 11 is 7.92. The average Bonchev–Trinajstić information content (AvgIpc) is 2.59.